The summed E-state index contributed by atoms with van der Waals surface area (Å²) in [5, 5.41) is 0. The van der Waals surface area contributed by atoms with E-state index in [2.05, 4.69) is 15.9 Å². The summed E-state index contributed by atoms with van der Waals surface area (Å²) in [6.45, 7) is 0. The van der Waals surface area contributed by atoms with Gasteiger partial charge in [0.15, 0.2) is 9.84 Å². The highest BCUT2D eigenvalue weighted by atomic mass is 79.9. The highest BCUT2D eigenvalue weighted by molar-refractivity contribution is 9.10. The van der Waals surface area contributed by atoms with Crippen molar-refractivity contribution in [1.29, 1.82) is 0 Å². The Morgan fingerprint density at radius 3 is 2.44 bits per heavy atom. The molecule has 0 spiro atoms. The van der Waals surface area contributed by atoms with Crippen LogP contribution in [0.5, 0.6) is 0 Å². The van der Waals surface area contributed by atoms with E-state index in [0.717, 1.165) is 15.1 Å². The second-order valence-electron chi connectivity index (χ2n) is 5.88. The number of nitrogens with zero attached hydrogens (tertiary/aromatic N) is 1. The molecule has 3 rings (SSSR count). The fraction of sp³-hybridized carbons (Fsp3) is 0.278. The van der Waals surface area contributed by atoms with Crippen molar-refractivity contribution in [2.45, 2.75) is 17.4 Å². The number of hydrogen-bond acceptors (Lipinski definition) is 4. The zero-order valence-corrected chi connectivity index (χ0v) is 16.7. The van der Waals surface area contributed by atoms with E-state index in [4.69, 9.17) is 0 Å². The average Bonchev–Trinajstić information content (AvgIpc) is 2.95. The van der Waals surface area contributed by atoms with Gasteiger partial charge in [-0.2, -0.15) is 0 Å². The summed E-state index contributed by atoms with van der Waals surface area (Å²) < 4.78 is 24.7. The number of halogens is 1. The van der Waals surface area contributed by atoms with Gasteiger partial charge >= 0.3 is 0 Å². The average molecular weight is 440 g/mol. The topological polar surface area (TPSA) is 54.5 Å². The first-order valence-corrected chi connectivity index (χ1v) is 11.5. The van der Waals surface area contributed by atoms with E-state index in [-0.39, 0.29) is 29.2 Å². The molecule has 0 bridgehead atoms. The van der Waals surface area contributed by atoms with Gasteiger partial charge in [0, 0.05) is 15.1 Å². The van der Waals surface area contributed by atoms with Crippen LogP contribution in [0.15, 0.2) is 64.0 Å². The summed E-state index contributed by atoms with van der Waals surface area (Å²) in [4.78, 5) is 15.6. The molecule has 132 valence electrons. The summed E-state index contributed by atoms with van der Waals surface area (Å²) in [5.74, 6) is 0.363. The van der Waals surface area contributed by atoms with Crippen LogP contribution < -0.4 is 4.90 Å². The van der Waals surface area contributed by atoms with Crippen LogP contribution in [-0.2, 0) is 14.6 Å². The molecule has 1 saturated heterocycles. The lowest BCUT2D eigenvalue weighted by Gasteiger charge is -2.28. The van der Waals surface area contributed by atoms with Crippen LogP contribution in [0.3, 0.4) is 0 Å². The van der Waals surface area contributed by atoms with Crippen molar-refractivity contribution in [3.05, 3.63) is 59.1 Å². The van der Waals surface area contributed by atoms with Gasteiger partial charge in [0.05, 0.1) is 23.3 Å². The molecule has 1 aliphatic heterocycles. The number of thioether (sulfide) groups is 1. The van der Waals surface area contributed by atoms with Crippen molar-refractivity contribution >= 4 is 49.1 Å². The van der Waals surface area contributed by atoms with E-state index in [1.807, 2.05) is 54.6 Å². The predicted octanol–water partition coefficient (Wildman–Crippen LogP) is 3.76. The van der Waals surface area contributed by atoms with Gasteiger partial charge < -0.3 is 4.90 Å². The van der Waals surface area contributed by atoms with Gasteiger partial charge in [-0.15, -0.1) is 11.8 Å². The van der Waals surface area contributed by atoms with E-state index < -0.39 is 9.84 Å². The number of carbonyl (C=O) groups is 1. The lowest BCUT2D eigenvalue weighted by Crippen LogP contribution is -2.42. The Morgan fingerprint density at radius 2 is 1.80 bits per heavy atom. The van der Waals surface area contributed by atoms with Gasteiger partial charge in [0.2, 0.25) is 5.91 Å². The Hall–Kier alpha value is -1.31. The summed E-state index contributed by atoms with van der Waals surface area (Å²) >= 11 is 4.93. The lowest BCUT2D eigenvalue weighted by molar-refractivity contribution is -0.116. The van der Waals surface area contributed by atoms with Crippen molar-refractivity contribution in [3.63, 3.8) is 0 Å². The number of carbonyl (C=O) groups excluding carboxylic acids is 1. The molecule has 1 fully saturated rings. The molecule has 0 radical (unpaired) electrons. The van der Waals surface area contributed by atoms with E-state index >= 15 is 0 Å². The molecule has 7 heteroatoms. The smallest absolute Gasteiger partial charge is 0.237 e. The van der Waals surface area contributed by atoms with Gasteiger partial charge in [-0.3, -0.25) is 4.79 Å². The molecule has 0 aliphatic carbocycles. The maximum atomic E-state index is 12.9. The van der Waals surface area contributed by atoms with Crippen LogP contribution in [0, 0.1) is 0 Å². The van der Waals surface area contributed by atoms with Gasteiger partial charge in [0.25, 0.3) is 0 Å². The molecule has 2 aromatic rings. The third kappa shape index (κ3) is 4.65. The molecular formula is C18H18BrNO3S2. The third-order valence-electron chi connectivity index (χ3n) is 4.06. The Kier molecular flexibility index (Phi) is 5.86. The normalized spacial score (nSPS) is 18.8. The maximum absolute atomic E-state index is 12.9. The number of amides is 1. The van der Waals surface area contributed by atoms with E-state index in [1.165, 1.54) is 11.8 Å². The number of benzene rings is 2. The predicted molar refractivity (Wildman–Crippen MR) is 106 cm³/mol. The number of anilines is 1. The van der Waals surface area contributed by atoms with Crippen LogP contribution in [0.25, 0.3) is 0 Å². The van der Waals surface area contributed by atoms with Crippen LogP contribution in [0.4, 0.5) is 5.69 Å². The molecule has 0 saturated carbocycles. The molecule has 2 aromatic carbocycles. The van der Waals surface area contributed by atoms with Crippen molar-refractivity contribution in [3.8, 4) is 0 Å². The summed E-state index contributed by atoms with van der Waals surface area (Å²) in [7, 11) is -3.06. The Balaban J connectivity index is 1.79. The van der Waals surface area contributed by atoms with E-state index in [9.17, 15) is 13.2 Å². The van der Waals surface area contributed by atoms with E-state index in [1.54, 1.807) is 4.90 Å². The number of rotatable bonds is 5. The summed E-state index contributed by atoms with van der Waals surface area (Å²) in [5.41, 5.74) is 0.752. The molecule has 1 aliphatic rings. The quantitative estimate of drug-likeness (QED) is 0.665. The van der Waals surface area contributed by atoms with Crippen LogP contribution >= 0.6 is 27.7 Å². The van der Waals surface area contributed by atoms with Gasteiger partial charge in [-0.1, -0.05) is 30.3 Å². The highest BCUT2D eigenvalue weighted by Crippen LogP contribution is 2.29. The van der Waals surface area contributed by atoms with Gasteiger partial charge in [-0.05, 0) is 46.6 Å². The Morgan fingerprint density at radius 1 is 1.12 bits per heavy atom. The molecule has 0 N–H and O–H groups in total. The molecule has 1 heterocycles. The van der Waals surface area contributed by atoms with Gasteiger partial charge in [-0.25, -0.2) is 8.42 Å². The SMILES string of the molecule is O=C(CSc1ccccc1Br)N(c1ccccc1)C1CCS(=O)(=O)C1. The highest BCUT2D eigenvalue weighted by Gasteiger charge is 2.35. The first-order chi connectivity index (χ1) is 12.0. The molecule has 1 amide bonds. The molecule has 1 atom stereocenters. The van der Waals surface area contributed by atoms with Crippen molar-refractivity contribution in [2.75, 3.05) is 22.2 Å². The second kappa shape index (κ2) is 7.93. The fourth-order valence-corrected chi connectivity index (χ4v) is 6.02. The number of sulfone groups is 1. The fourth-order valence-electron chi connectivity index (χ4n) is 2.90. The summed E-state index contributed by atoms with van der Waals surface area (Å²) in [6, 6.07) is 16.8. The minimum atomic E-state index is -3.06. The minimum absolute atomic E-state index is 0.0351. The molecule has 1 unspecified atom stereocenters. The number of hydrogen-bond donors (Lipinski definition) is 0. The van der Waals surface area contributed by atoms with E-state index in [0.29, 0.717) is 6.42 Å². The molecule has 25 heavy (non-hydrogen) atoms. The Bertz CT molecular complexity index is 856. The van der Waals surface area contributed by atoms with Crippen molar-refractivity contribution in [1.82, 2.24) is 0 Å². The zero-order chi connectivity index (χ0) is 17.9. The van der Waals surface area contributed by atoms with Crippen LogP contribution in [-0.4, -0.2) is 37.6 Å². The van der Waals surface area contributed by atoms with Crippen molar-refractivity contribution in [2.24, 2.45) is 0 Å². The largest absolute Gasteiger partial charge is 0.308 e. The lowest BCUT2D eigenvalue weighted by atomic mass is 10.2. The third-order valence-corrected chi connectivity index (χ3v) is 7.83. The van der Waals surface area contributed by atoms with Crippen LogP contribution in [0.2, 0.25) is 0 Å². The molecular weight excluding hydrogens is 422 g/mol. The first-order valence-electron chi connectivity index (χ1n) is 7.91. The standard InChI is InChI=1S/C18H18BrNO3S2/c19-16-8-4-5-9-17(16)24-12-18(21)20(14-6-2-1-3-7-14)15-10-11-25(22,23)13-15/h1-9,15H,10-13H2. The number of para-hydroxylation sites is 1. The first kappa shape index (κ1) is 18.5. The molecule has 0 aromatic heterocycles. The molecule has 4 nitrogen and oxygen atoms in total. The minimum Gasteiger partial charge on any atom is -0.308 e. The second-order valence-corrected chi connectivity index (χ2v) is 9.98. The monoisotopic (exact) mass is 439 g/mol. The van der Waals surface area contributed by atoms with Gasteiger partial charge in [0.1, 0.15) is 0 Å². The Labute approximate surface area is 160 Å². The summed E-state index contributed by atoms with van der Waals surface area (Å²) in [6.07, 6.45) is 0.489. The van der Waals surface area contributed by atoms with Crippen LogP contribution in [0.1, 0.15) is 6.42 Å². The zero-order valence-electron chi connectivity index (χ0n) is 13.5. The van der Waals surface area contributed by atoms with Crippen molar-refractivity contribution < 1.29 is 13.2 Å². The maximum Gasteiger partial charge on any atom is 0.237 e.